The highest BCUT2D eigenvalue weighted by molar-refractivity contribution is 5.25. The quantitative estimate of drug-likeness (QED) is 0.792. The molecule has 0 N–H and O–H groups in total. The molecule has 0 saturated heterocycles. The predicted molar refractivity (Wildman–Crippen MR) is 79.7 cm³/mol. The molecule has 0 bridgehead atoms. The van der Waals surface area contributed by atoms with Crippen molar-refractivity contribution in [1.82, 2.24) is 4.90 Å². The van der Waals surface area contributed by atoms with E-state index in [0.717, 1.165) is 11.8 Å². The van der Waals surface area contributed by atoms with Crippen molar-refractivity contribution < 1.29 is 17.9 Å². The van der Waals surface area contributed by atoms with Crippen molar-refractivity contribution in [2.45, 2.75) is 12.7 Å². The molecular formula is C17H18F3NO. The van der Waals surface area contributed by atoms with Gasteiger partial charge in [0.25, 0.3) is 0 Å². The van der Waals surface area contributed by atoms with Crippen LogP contribution in [0.25, 0.3) is 0 Å². The fourth-order valence-electron chi connectivity index (χ4n) is 2.07. The number of likely N-dealkylation sites (N-methyl/N-ethyl adjacent to an activating group) is 1. The number of ether oxygens (including phenoxy) is 1. The zero-order valence-electron chi connectivity index (χ0n) is 12.3. The van der Waals surface area contributed by atoms with Crippen molar-refractivity contribution in [3.05, 3.63) is 65.7 Å². The van der Waals surface area contributed by atoms with Crippen molar-refractivity contribution in [3.8, 4) is 5.75 Å². The minimum absolute atomic E-state index is 0.446. The molecular weight excluding hydrogens is 291 g/mol. The summed E-state index contributed by atoms with van der Waals surface area (Å²) in [5.74, 6) is 0.787. The van der Waals surface area contributed by atoms with Gasteiger partial charge in [-0.15, -0.1) is 0 Å². The Bertz CT molecular complexity index is 584. The smallest absolute Gasteiger partial charge is 0.416 e. The van der Waals surface area contributed by atoms with Gasteiger partial charge in [-0.1, -0.05) is 36.4 Å². The Balaban J connectivity index is 1.83. The lowest BCUT2D eigenvalue weighted by Crippen LogP contribution is -2.24. The van der Waals surface area contributed by atoms with E-state index in [9.17, 15) is 13.2 Å². The van der Waals surface area contributed by atoms with E-state index in [1.165, 1.54) is 12.1 Å². The van der Waals surface area contributed by atoms with Crippen molar-refractivity contribution >= 4 is 0 Å². The number of hydrogen-bond donors (Lipinski definition) is 0. The van der Waals surface area contributed by atoms with E-state index in [1.54, 1.807) is 6.07 Å². The van der Waals surface area contributed by atoms with E-state index in [4.69, 9.17) is 4.74 Å². The summed E-state index contributed by atoms with van der Waals surface area (Å²) in [4.78, 5) is 1.93. The number of rotatable bonds is 6. The van der Waals surface area contributed by atoms with Gasteiger partial charge in [0, 0.05) is 13.1 Å². The largest absolute Gasteiger partial charge is 0.492 e. The average Bonchev–Trinajstić information content (AvgIpc) is 2.48. The van der Waals surface area contributed by atoms with Crippen LogP contribution in [0.2, 0.25) is 0 Å². The molecule has 2 aromatic rings. The molecule has 0 radical (unpaired) electrons. The van der Waals surface area contributed by atoms with Crippen LogP contribution in [0.15, 0.2) is 54.6 Å². The molecule has 0 aromatic heterocycles. The lowest BCUT2D eigenvalue weighted by molar-refractivity contribution is -0.137. The van der Waals surface area contributed by atoms with Crippen LogP contribution in [0.4, 0.5) is 13.2 Å². The minimum Gasteiger partial charge on any atom is -0.492 e. The second-order valence-corrected chi connectivity index (χ2v) is 5.10. The molecule has 118 valence electrons. The summed E-state index contributed by atoms with van der Waals surface area (Å²) >= 11 is 0. The van der Waals surface area contributed by atoms with Crippen LogP contribution in [0.3, 0.4) is 0 Å². The van der Waals surface area contributed by atoms with Crippen LogP contribution in [-0.4, -0.2) is 25.1 Å². The molecule has 2 aromatic carbocycles. The molecule has 0 heterocycles. The SMILES string of the molecule is CN(CCOc1ccccc1)Cc1cccc(C(F)(F)F)c1. The Kier molecular flexibility index (Phi) is 5.44. The van der Waals surface area contributed by atoms with Crippen LogP contribution in [-0.2, 0) is 12.7 Å². The second kappa shape index (κ2) is 7.31. The van der Waals surface area contributed by atoms with E-state index in [-0.39, 0.29) is 0 Å². The van der Waals surface area contributed by atoms with Crippen LogP contribution in [0, 0.1) is 0 Å². The number of para-hydroxylation sites is 1. The van der Waals surface area contributed by atoms with Crippen LogP contribution in [0.1, 0.15) is 11.1 Å². The minimum atomic E-state index is -4.30. The number of nitrogens with zero attached hydrogens (tertiary/aromatic N) is 1. The van der Waals surface area contributed by atoms with E-state index in [2.05, 4.69) is 0 Å². The molecule has 2 rings (SSSR count). The number of benzene rings is 2. The highest BCUT2D eigenvalue weighted by Gasteiger charge is 2.30. The summed E-state index contributed by atoms with van der Waals surface area (Å²) in [5, 5.41) is 0. The van der Waals surface area contributed by atoms with Crippen molar-refractivity contribution in [2.24, 2.45) is 0 Å². The molecule has 0 unspecified atom stereocenters. The topological polar surface area (TPSA) is 12.5 Å². The Morgan fingerprint density at radius 1 is 1.00 bits per heavy atom. The first kappa shape index (κ1) is 16.4. The summed E-state index contributed by atoms with van der Waals surface area (Å²) in [6, 6.07) is 14.8. The summed E-state index contributed by atoms with van der Waals surface area (Å²) in [6.07, 6.45) is -4.30. The van der Waals surface area contributed by atoms with E-state index >= 15 is 0 Å². The molecule has 5 heteroatoms. The van der Waals surface area contributed by atoms with E-state index < -0.39 is 11.7 Å². The zero-order chi connectivity index (χ0) is 16.0. The Morgan fingerprint density at radius 2 is 1.73 bits per heavy atom. The molecule has 0 saturated carbocycles. The van der Waals surface area contributed by atoms with Gasteiger partial charge in [0.2, 0.25) is 0 Å². The van der Waals surface area contributed by atoms with Crippen LogP contribution < -0.4 is 4.74 Å². The maximum atomic E-state index is 12.7. The Morgan fingerprint density at radius 3 is 2.41 bits per heavy atom. The van der Waals surface area contributed by atoms with Gasteiger partial charge in [0.15, 0.2) is 0 Å². The number of halogens is 3. The molecule has 22 heavy (non-hydrogen) atoms. The lowest BCUT2D eigenvalue weighted by Gasteiger charge is -2.18. The fourth-order valence-corrected chi connectivity index (χ4v) is 2.07. The summed E-state index contributed by atoms with van der Waals surface area (Å²) in [7, 11) is 1.86. The monoisotopic (exact) mass is 309 g/mol. The Labute approximate surface area is 128 Å². The second-order valence-electron chi connectivity index (χ2n) is 5.10. The summed E-state index contributed by atoms with van der Waals surface area (Å²) in [6.45, 7) is 1.56. The lowest BCUT2D eigenvalue weighted by atomic mass is 10.1. The normalized spacial score (nSPS) is 11.7. The van der Waals surface area contributed by atoms with Crippen molar-refractivity contribution in [2.75, 3.05) is 20.2 Å². The molecule has 2 nitrogen and oxygen atoms in total. The predicted octanol–water partition coefficient (Wildman–Crippen LogP) is 4.22. The van der Waals surface area contributed by atoms with E-state index in [0.29, 0.717) is 25.3 Å². The maximum absolute atomic E-state index is 12.7. The first-order chi connectivity index (χ1) is 10.4. The van der Waals surface area contributed by atoms with Gasteiger partial charge in [-0.3, -0.25) is 4.90 Å². The van der Waals surface area contributed by atoms with Gasteiger partial charge in [0.05, 0.1) is 5.56 Å². The first-order valence-corrected chi connectivity index (χ1v) is 6.98. The highest BCUT2D eigenvalue weighted by atomic mass is 19.4. The molecule has 0 amide bonds. The van der Waals surface area contributed by atoms with Gasteiger partial charge in [-0.25, -0.2) is 0 Å². The third kappa shape index (κ3) is 5.07. The van der Waals surface area contributed by atoms with Crippen LogP contribution >= 0.6 is 0 Å². The van der Waals surface area contributed by atoms with E-state index in [1.807, 2.05) is 42.3 Å². The third-order valence-electron chi connectivity index (χ3n) is 3.19. The van der Waals surface area contributed by atoms with Gasteiger partial charge < -0.3 is 4.74 Å². The summed E-state index contributed by atoms with van der Waals surface area (Å²) < 4.78 is 43.6. The van der Waals surface area contributed by atoms with Crippen LogP contribution in [0.5, 0.6) is 5.75 Å². The van der Waals surface area contributed by atoms with Crippen molar-refractivity contribution in [1.29, 1.82) is 0 Å². The van der Waals surface area contributed by atoms with Gasteiger partial charge in [-0.05, 0) is 30.8 Å². The first-order valence-electron chi connectivity index (χ1n) is 6.98. The molecule has 0 aliphatic carbocycles. The molecule has 0 spiro atoms. The number of hydrogen-bond acceptors (Lipinski definition) is 2. The maximum Gasteiger partial charge on any atom is 0.416 e. The van der Waals surface area contributed by atoms with Gasteiger partial charge in [-0.2, -0.15) is 13.2 Å². The van der Waals surface area contributed by atoms with Gasteiger partial charge in [0.1, 0.15) is 12.4 Å². The Hall–Kier alpha value is -2.01. The highest BCUT2D eigenvalue weighted by Crippen LogP contribution is 2.29. The third-order valence-corrected chi connectivity index (χ3v) is 3.19. The fraction of sp³-hybridized carbons (Fsp3) is 0.294. The van der Waals surface area contributed by atoms with Crippen molar-refractivity contribution in [3.63, 3.8) is 0 Å². The average molecular weight is 309 g/mol. The molecule has 0 aliphatic rings. The molecule has 0 atom stereocenters. The standard InChI is InChI=1S/C17H18F3NO/c1-21(10-11-22-16-8-3-2-4-9-16)13-14-6-5-7-15(12-14)17(18,19)20/h2-9,12H,10-11,13H2,1H3. The summed E-state index contributed by atoms with van der Waals surface area (Å²) in [5.41, 5.74) is 0.0240. The van der Waals surface area contributed by atoms with Gasteiger partial charge >= 0.3 is 6.18 Å². The zero-order valence-corrected chi connectivity index (χ0v) is 12.3. The molecule has 0 fully saturated rings. The number of alkyl halides is 3. The molecule has 0 aliphatic heterocycles.